The third-order valence-electron chi connectivity index (χ3n) is 0.423. The average molecular weight is 102 g/mol. The van der Waals surface area contributed by atoms with Crippen molar-refractivity contribution in [3.05, 3.63) is 0 Å². The number of nitrogens with two attached hydrogens (primary N) is 1. The highest BCUT2D eigenvalue weighted by Crippen LogP contribution is 1.66. The lowest BCUT2D eigenvalue weighted by Crippen LogP contribution is -2.34. The van der Waals surface area contributed by atoms with Crippen LogP contribution in [0.15, 0.2) is 0 Å². The summed E-state index contributed by atoms with van der Waals surface area (Å²) in [6.07, 6.45) is 0.892. The first-order valence-corrected chi connectivity index (χ1v) is 2.03. The Labute approximate surface area is 41.8 Å². The number of carbonyl (C=O) groups is 1. The Morgan fingerprint density at radius 1 is 2.00 bits per heavy atom. The molecule has 7 heavy (non-hydrogen) atoms. The summed E-state index contributed by atoms with van der Waals surface area (Å²) in [5.74, 6) is -0.470. The van der Waals surface area contributed by atoms with Crippen molar-refractivity contribution < 1.29 is 14.9 Å². The smallest absolute Gasteiger partial charge is 0.395 e. The molecule has 40 valence electrons. The van der Waals surface area contributed by atoms with Crippen LogP contribution in [0.3, 0.4) is 0 Å². The molecular weight excluding hydrogens is 94.0 g/mol. The first kappa shape index (κ1) is 6.14. The second kappa shape index (κ2) is 3.33. The molecule has 0 unspecified atom stereocenters. The molecule has 0 rings (SSSR count). The minimum atomic E-state index is -0.470. The van der Waals surface area contributed by atoms with E-state index >= 15 is 0 Å². The molecule has 0 saturated carbocycles. The van der Waals surface area contributed by atoms with Gasteiger partial charge in [0.25, 0.3) is 0 Å². The van der Waals surface area contributed by atoms with Gasteiger partial charge in [-0.25, -0.2) is 4.79 Å². The summed E-state index contributed by atoms with van der Waals surface area (Å²) in [4.78, 5) is 10.0. The molecule has 0 radical (unpaired) electrons. The van der Waals surface area contributed by atoms with Crippen LogP contribution in [0.5, 0.6) is 0 Å². The second-order valence-corrected chi connectivity index (χ2v) is 0.919. The van der Waals surface area contributed by atoms with Gasteiger partial charge < -0.3 is 4.74 Å². The Balaban J connectivity index is 3.17. The van der Waals surface area contributed by atoms with Gasteiger partial charge in [0, 0.05) is 0 Å². The van der Waals surface area contributed by atoms with Crippen molar-refractivity contribution in [1.82, 2.24) is 0 Å². The molecule has 0 aliphatic rings. The summed E-state index contributed by atoms with van der Waals surface area (Å²) in [6.45, 7) is 2.11. The zero-order valence-corrected chi connectivity index (χ0v) is 4.18. The summed E-state index contributed by atoms with van der Waals surface area (Å²) in [6, 6.07) is 0. The van der Waals surface area contributed by atoms with E-state index in [0.29, 0.717) is 6.61 Å². The van der Waals surface area contributed by atoms with Gasteiger partial charge in [-0.3, -0.25) is 5.41 Å². The Morgan fingerprint density at radius 2 is 2.57 bits per heavy atom. The maximum atomic E-state index is 10.0. The van der Waals surface area contributed by atoms with E-state index in [1.807, 2.05) is 0 Å². The van der Waals surface area contributed by atoms with E-state index in [2.05, 4.69) is 4.74 Å². The van der Waals surface area contributed by atoms with Gasteiger partial charge in [-0.2, -0.15) is 0 Å². The third-order valence-corrected chi connectivity index (χ3v) is 0.423. The van der Waals surface area contributed by atoms with Crippen molar-refractivity contribution in [3.63, 3.8) is 0 Å². The van der Waals surface area contributed by atoms with Crippen LogP contribution in [0, 0.1) is 0 Å². The number of hydrogen-bond acceptors (Lipinski definition) is 2. The zero-order chi connectivity index (χ0) is 5.70. The molecule has 0 heterocycles. The molecule has 0 saturated heterocycles. The fourth-order valence-corrected chi connectivity index (χ4v) is 0.190. The van der Waals surface area contributed by atoms with Crippen LogP contribution in [0.4, 0.5) is 0 Å². The molecule has 0 aromatic rings. The number of ether oxygens (including phenoxy) is 1. The Morgan fingerprint density at radius 3 is 2.71 bits per heavy atom. The van der Waals surface area contributed by atoms with Crippen molar-refractivity contribution in [2.45, 2.75) is 6.92 Å². The predicted octanol–water partition coefficient (Wildman–Crippen LogP) is -1.62. The maximum Gasteiger partial charge on any atom is 0.395 e. The Bertz CT molecular complexity index is 79.8. The minimum Gasteiger partial charge on any atom is -0.459 e. The first-order valence-electron chi connectivity index (χ1n) is 2.03. The van der Waals surface area contributed by atoms with Crippen molar-refractivity contribution >= 4 is 12.2 Å². The number of hydrogen-bond donors (Lipinski definition) is 1. The molecule has 0 bridgehead atoms. The molecule has 0 atom stereocenters. The molecule has 0 aliphatic heterocycles. The predicted molar refractivity (Wildman–Crippen MR) is 24.6 cm³/mol. The molecule has 0 amide bonds. The van der Waals surface area contributed by atoms with Crippen LogP contribution in [0.25, 0.3) is 0 Å². The van der Waals surface area contributed by atoms with Gasteiger partial charge in [0.1, 0.15) is 0 Å². The molecular formula is C4H8NO2+. The van der Waals surface area contributed by atoms with Crippen molar-refractivity contribution in [1.29, 1.82) is 0 Å². The minimum absolute atomic E-state index is 0.381. The van der Waals surface area contributed by atoms with Gasteiger partial charge in [0.05, 0.1) is 6.61 Å². The molecule has 0 aromatic carbocycles. The lowest BCUT2D eigenvalue weighted by Gasteiger charge is -1.87. The Kier molecular flexibility index (Phi) is 2.92. The van der Waals surface area contributed by atoms with E-state index in [1.54, 1.807) is 6.92 Å². The zero-order valence-electron chi connectivity index (χ0n) is 4.18. The van der Waals surface area contributed by atoms with E-state index in [4.69, 9.17) is 5.41 Å². The van der Waals surface area contributed by atoms with E-state index in [-0.39, 0.29) is 0 Å². The fraction of sp³-hybridized carbons (Fsp3) is 0.500. The number of carbonyl (C=O) groups excluding carboxylic acids is 1. The van der Waals surface area contributed by atoms with Gasteiger partial charge >= 0.3 is 5.97 Å². The van der Waals surface area contributed by atoms with E-state index < -0.39 is 5.97 Å². The van der Waals surface area contributed by atoms with Gasteiger partial charge in [0.15, 0.2) is 0 Å². The molecule has 3 nitrogen and oxygen atoms in total. The molecule has 0 spiro atoms. The van der Waals surface area contributed by atoms with Gasteiger partial charge in [0.2, 0.25) is 6.21 Å². The molecule has 2 N–H and O–H groups in total. The molecule has 3 heteroatoms. The molecule has 0 fully saturated rings. The maximum absolute atomic E-state index is 10.0. The SMILES string of the molecule is CCOC(=O)C=[NH2+]. The summed E-state index contributed by atoms with van der Waals surface area (Å²) in [5.41, 5.74) is 0. The van der Waals surface area contributed by atoms with E-state index in [0.717, 1.165) is 6.21 Å². The summed E-state index contributed by atoms with van der Waals surface area (Å²) in [5, 5.41) is 4.76. The topological polar surface area (TPSA) is 51.9 Å². The highest BCUT2D eigenvalue weighted by molar-refractivity contribution is 6.20. The van der Waals surface area contributed by atoms with Crippen LogP contribution in [0.1, 0.15) is 6.92 Å². The van der Waals surface area contributed by atoms with Crippen LogP contribution >= 0.6 is 0 Å². The van der Waals surface area contributed by atoms with Crippen LogP contribution in [-0.2, 0) is 9.53 Å². The molecule has 0 aromatic heterocycles. The third kappa shape index (κ3) is 2.96. The lowest BCUT2D eigenvalue weighted by molar-refractivity contribution is -0.148. The average Bonchev–Trinajstić information content (AvgIpc) is 1.68. The van der Waals surface area contributed by atoms with Gasteiger partial charge in [-0.15, -0.1) is 0 Å². The highest BCUT2D eigenvalue weighted by Gasteiger charge is 1.93. The highest BCUT2D eigenvalue weighted by atomic mass is 16.5. The van der Waals surface area contributed by atoms with E-state index in [1.165, 1.54) is 0 Å². The summed E-state index contributed by atoms with van der Waals surface area (Å²) < 4.78 is 4.37. The van der Waals surface area contributed by atoms with Gasteiger partial charge in [-0.05, 0) is 6.92 Å². The lowest BCUT2D eigenvalue weighted by atomic mass is 10.7. The summed E-state index contributed by atoms with van der Waals surface area (Å²) in [7, 11) is 0. The Hall–Kier alpha value is -0.860. The largest absolute Gasteiger partial charge is 0.459 e. The van der Waals surface area contributed by atoms with Crippen LogP contribution in [0.2, 0.25) is 0 Å². The first-order chi connectivity index (χ1) is 3.31. The van der Waals surface area contributed by atoms with Crippen LogP contribution in [-0.4, -0.2) is 18.8 Å². The fourth-order valence-electron chi connectivity index (χ4n) is 0.190. The normalized spacial score (nSPS) is 7.57. The second-order valence-electron chi connectivity index (χ2n) is 0.919. The quantitative estimate of drug-likeness (QED) is 0.336. The molecule has 0 aliphatic carbocycles. The summed E-state index contributed by atoms with van der Waals surface area (Å²) >= 11 is 0. The monoisotopic (exact) mass is 102 g/mol. The van der Waals surface area contributed by atoms with E-state index in [9.17, 15) is 4.79 Å². The van der Waals surface area contributed by atoms with Gasteiger partial charge in [-0.1, -0.05) is 0 Å². The van der Waals surface area contributed by atoms with Crippen molar-refractivity contribution in [2.75, 3.05) is 6.61 Å². The number of rotatable bonds is 2. The van der Waals surface area contributed by atoms with Crippen molar-refractivity contribution in [3.8, 4) is 0 Å². The standard InChI is InChI=1S/C4H7NO2/c1-2-7-4(6)3-5/h3,5H,2H2,1H3/p+1. The van der Waals surface area contributed by atoms with Crippen LogP contribution < -0.4 is 5.41 Å². The number of esters is 1. The van der Waals surface area contributed by atoms with Crippen molar-refractivity contribution in [2.24, 2.45) is 0 Å².